The molecule has 2 rings (SSSR count). The monoisotopic (exact) mass is 290 g/mol. The topological polar surface area (TPSA) is 72.3 Å². The summed E-state index contributed by atoms with van der Waals surface area (Å²) in [7, 11) is 0. The Hall–Kier alpha value is -2.50. The van der Waals surface area contributed by atoms with Gasteiger partial charge < -0.3 is 9.84 Å². The third-order valence-electron chi connectivity index (χ3n) is 3.04. The van der Waals surface area contributed by atoms with Gasteiger partial charge in [-0.3, -0.25) is 0 Å². The van der Waals surface area contributed by atoms with Gasteiger partial charge >= 0.3 is 5.97 Å². The maximum Gasteiger partial charge on any atom is 0.341 e. The number of aromatic carboxylic acids is 1. The first kappa shape index (κ1) is 14.9. The molecule has 0 aliphatic carbocycles. The summed E-state index contributed by atoms with van der Waals surface area (Å²) in [4.78, 5) is 11.5. The van der Waals surface area contributed by atoms with Gasteiger partial charge in [0, 0.05) is 6.07 Å². The number of rotatable bonds is 5. The molecule has 0 bridgehead atoms. The van der Waals surface area contributed by atoms with Crippen LogP contribution >= 0.6 is 0 Å². The van der Waals surface area contributed by atoms with Crippen molar-refractivity contribution in [3.63, 3.8) is 0 Å². The number of carboxylic acid groups (broad SMARTS) is 1. The summed E-state index contributed by atoms with van der Waals surface area (Å²) in [6.45, 7) is 3.72. The highest BCUT2D eigenvalue weighted by molar-refractivity contribution is 5.92. The van der Waals surface area contributed by atoms with Crippen molar-refractivity contribution in [3.05, 3.63) is 46.9 Å². The third-order valence-corrected chi connectivity index (χ3v) is 3.04. The van der Waals surface area contributed by atoms with Crippen LogP contribution in [-0.4, -0.2) is 21.3 Å². The van der Waals surface area contributed by atoms with Gasteiger partial charge in [-0.1, -0.05) is 19.9 Å². The molecular weight excluding hydrogens is 275 g/mol. The highest BCUT2D eigenvalue weighted by Gasteiger charge is 2.22. The number of aromatic nitrogens is 2. The van der Waals surface area contributed by atoms with Crippen molar-refractivity contribution in [1.29, 1.82) is 0 Å². The van der Waals surface area contributed by atoms with Gasteiger partial charge in [-0.2, -0.15) is 5.10 Å². The van der Waals surface area contributed by atoms with E-state index < -0.39 is 11.8 Å². The average molecular weight is 290 g/mol. The van der Waals surface area contributed by atoms with E-state index in [0.717, 1.165) is 6.07 Å². The zero-order valence-electron chi connectivity index (χ0n) is 11.8. The highest BCUT2D eigenvalue weighted by Crippen LogP contribution is 2.27. The van der Waals surface area contributed by atoms with Crippen LogP contribution in [0.1, 0.15) is 35.5 Å². The molecule has 0 unspecified atom stereocenters. The van der Waals surface area contributed by atoms with Crippen molar-refractivity contribution in [3.8, 4) is 11.6 Å². The number of hydrogen-bond donors (Lipinski definition) is 1. The van der Waals surface area contributed by atoms with Crippen LogP contribution in [0.5, 0.6) is 11.6 Å². The molecule has 0 saturated heterocycles. The molecule has 0 saturated carbocycles. The molecule has 0 spiro atoms. The Kier molecular flexibility index (Phi) is 4.47. The molecule has 0 fully saturated rings. The van der Waals surface area contributed by atoms with Crippen LogP contribution < -0.4 is 4.74 Å². The van der Waals surface area contributed by atoms with E-state index >= 15 is 0 Å². The maximum absolute atomic E-state index is 13.2. The molecule has 1 aromatic heterocycles. The fourth-order valence-corrected chi connectivity index (χ4v) is 2.09. The third kappa shape index (κ3) is 3.16. The molecule has 0 aliphatic rings. The molecule has 0 amide bonds. The van der Waals surface area contributed by atoms with Gasteiger partial charge in [-0.15, -0.1) is 5.10 Å². The van der Waals surface area contributed by atoms with Crippen molar-refractivity contribution < 1.29 is 19.0 Å². The number of nitrogens with zero attached hydrogens (tertiary/aromatic N) is 2. The van der Waals surface area contributed by atoms with Crippen molar-refractivity contribution in [2.45, 2.75) is 26.7 Å². The minimum absolute atomic E-state index is 0.0198. The van der Waals surface area contributed by atoms with Crippen LogP contribution in [0, 0.1) is 5.82 Å². The fraction of sp³-hybridized carbons (Fsp3) is 0.267. The predicted molar refractivity (Wildman–Crippen MR) is 74.2 cm³/mol. The van der Waals surface area contributed by atoms with Crippen LogP contribution in [0.4, 0.5) is 4.39 Å². The second kappa shape index (κ2) is 6.30. The number of halogens is 1. The van der Waals surface area contributed by atoms with Crippen LogP contribution in [0.15, 0.2) is 24.3 Å². The van der Waals surface area contributed by atoms with Crippen LogP contribution in [0.3, 0.4) is 0 Å². The Labute approximate surface area is 121 Å². The summed E-state index contributed by atoms with van der Waals surface area (Å²) in [5, 5.41) is 17.2. The van der Waals surface area contributed by atoms with Crippen molar-refractivity contribution in [2.75, 3.05) is 0 Å². The molecule has 6 heteroatoms. The first-order chi connectivity index (χ1) is 10.1. The number of benzene rings is 1. The van der Waals surface area contributed by atoms with Gasteiger partial charge in [0.25, 0.3) is 5.88 Å². The lowest BCUT2D eigenvalue weighted by Gasteiger charge is -2.12. The molecule has 0 radical (unpaired) electrons. The van der Waals surface area contributed by atoms with E-state index in [1.54, 1.807) is 0 Å². The molecule has 1 heterocycles. The van der Waals surface area contributed by atoms with Gasteiger partial charge in [-0.25, -0.2) is 9.18 Å². The van der Waals surface area contributed by atoms with Crippen LogP contribution in [-0.2, 0) is 12.8 Å². The van der Waals surface area contributed by atoms with Crippen LogP contribution in [0.25, 0.3) is 0 Å². The summed E-state index contributed by atoms with van der Waals surface area (Å²) in [5.74, 6) is -1.55. The van der Waals surface area contributed by atoms with E-state index in [1.165, 1.54) is 18.2 Å². The van der Waals surface area contributed by atoms with E-state index in [0.29, 0.717) is 24.1 Å². The maximum atomic E-state index is 13.2. The lowest BCUT2D eigenvalue weighted by Crippen LogP contribution is -2.11. The summed E-state index contributed by atoms with van der Waals surface area (Å²) >= 11 is 0. The molecule has 1 N–H and O–H groups in total. The van der Waals surface area contributed by atoms with E-state index in [9.17, 15) is 14.3 Å². The zero-order valence-corrected chi connectivity index (χ0v) is 11.8. The van der Waals surface area contributed by atoms with Gasteiger partial charge in [-0.05, 0) is 30.5 Å². The van der Waals surface area contributed by atoms with Crippen LogP contribution in [0.2, 0.25) is 0 Å². The van der Waals surface area contributed by atoms with Crippen molar-refractivity contribution in [2.24, 2.45) is 0 Å². The van der Waals surface area contributed by atoms with Gasteiger partial charge in [0.15, 0.2) is 0 Å². The second-order valence-electron chi connectivity index (χ2n) is 4.38. The van der Waals surface area contributed by atoms with E-state index in [1.807, 2.05) is 13.8 Å². The lowest BCUT2D eigenvalue weighted by atomic mass is 10.0. The molecule has 21 heavy (non-hydrogen) atoms. The predicted octanol–water partition coefficient (Wildman–Crippen LogP) is 3.23. The number of carbonyl (C=O) groups is 1. The standard InChI is InChI=1S/C15H15FN2O3/c1-3-11-12(4-2)17-18-14(13(11)15(19)20)21-10-7-5-6-9(16)8-10/h5-8H,3-4H2,1-2H3,(H,19,20). The van der Waals surface area contributed by atoms with Gasteiger partial charge in [0.1, 0.15) is 17.1 Å². The Bertz CT molecular complexity index is 674. The average Bonchev–Trinajstić information content (AvgIpc) is 2.46. The van der Waals surface area contributed by atoms with E-state index in [2.05, 4.69) is 10.2 Å². The molecule has 110 valence electrons. The molecule has 1 aromatic carbocycles. The van der Waals surface area contributed by atoms with E-state index in [-0.39, 0.29) is 17.2 Å². The number of ether oxygens (including phenoxy) is 1. The molecule has 2 aromatic rings. The largest absolute Gasteiger partial charge is 0.477 e. The van der Waals surface area contributed by atoms with Gasteiger partial charge in [0.2, 0.25) is 0 Å². The van der Waals surface area contributed by atoms with Gasteiger partial charge in [0.05, 0.1) is 5.69 Å². The first-order valence-corrected chi connectivity index (χ1v) is 6.61. The highest BCUT2D eigenvalue weighted by atomic mass is 19.1. The molecule has 0 aliphatic heterocycles. The molecular formula is C15H15FN2O3. The fourth-order valence-electron chi connectivity index (χ4n) is 2.09. The Balaban J connectivity index is 2.50. The Morgan fingerprint density at radius 2 is 2.05 bits per heavy atom. The summed E-state index contributed by atoms with van der Waals surface area (Å²) < 4.78 is 18.6. The first-order valence-electron chi connectivity index (χ1n) is 6.61. The summed E-state index contributed by atoms with van der Waals surface area (Å²) in [6.07, 6.45) is 1.08. The second-order valence-corrected chi connectivity index (χ2v) is 4.38. The minimum atomic E-state index is -1.14. The molecule has 5 nitrogen and oxygen atoms in total. The minimum Gasteiger partial charge on any atom is -0.477 e. The van der Waals surface area contributed by atoms with Crippen molar-refractivity contribution in [1.82, 2.24) is 10.2 Å². The number of carboxylic acids is 1. The van der Waals surface area contributed by atoms with Crippen molar-refractivity contribution >= 4 is 5.97 Å². The molecule has 0 atom stereocenters. The SMILES string of the molecule is CCc1nnc(Oc2cccc(F)c2)c(C(=O)O)c1CC. The Morgan fingerprint density at radius 3 is 2.62 bits per heavy atom. The quantitative estimate of drug-likeness (QED) is 0.915. The Morgan fingerprint density at radius 1 is 1.29 bits per heavy atom. The number of aryl methyl sites for hydroxylation is 1. The smallest absolute Gasteiger partial charge is 0.341 e. The summed E-state index contributed by atoms with van der Waals surface area (Å²) in [6, 6.07) is 5.43. The lowest BCUT2D eigenvalue weighted by molar-refractivity contribution is 0.0691. The summed E-state index contributed by atoms with van der Waals surface area (Å²) in [5.41, 5.74) is 1.20. The normalized spacial score (nSPS) is 10.4. The number of hydrogen-bond acceptors (Lipinski definition) is 4. The zero-order chi connectivity index (χ0) is 15.4. The van der Waals surface area contributed by atoms with E-state index in [4.69, 9.17) is 4.74 Å².